The molecule has 1 aromatic rings. The molecule has 1 rings (SSSR count). The Morgan fingerprint density at radius 3 is 2.56 bits per heavy atom. The van der Waals surface area contributed by atoms with Crippen molar-refractivity contribution in [2.75, 3.05) is 27.2 Å². The number of thiophene rings is 1. The van der Waals surface area contributed by atoms with Crippen molar-refractivity contribution in [3.63, 3.8) is 0 Å². The van der Waals surface area contributed by atoms with Crippen LogP contribution in [0.3, 0.4) is 0 Å². The van der Waals surface area contributed by atoms with Crippen LogP contribution >= 0.6 is 11.3 Å². The molecule has 1 heterocycles. The summed E-state index contributed by atoms with van der Waals surface area (Å²) >= 11 is 1.89. The second-order valence-electron chi connectivity index (χ2n) is 4.63. The molecule has 2 nitrogen and oxygen atoms in total. The summed E-state index contributed by atoms with van der Waals surface area (Å²) in [7, 11) is 4.26. The Hall–Kier alpha value is -0.380. The molecular formula is C13H24N2S. The highest BCUT2D eigenvalue weighted by atomic mass is 32.1. The minimum absolute atomic E-state index is 1.03. The van der Waals surface area contributed by atoms with Crippen LogP contribution in [-0.4, -0.2) is 32.1 Å². The van der Waals surface area contributed by atoms with Gasteiger partial charge in [-0.15, -0.1) is 11.3 Å². The van der Waals surface area contributed by atoms with Crippen molar-refractivity contribution < 1.29 is 0 Å². The first kappa shape index (κ1) is 13.7. The van der Waals surface area contributed by atoms with Crippen molar-refractivity contribution in [2.24, 2.45) is 0 Å². The Morgan fingerprint density at radius 1 is 1.25 bits per heavy atom. The molecule has 0 amide bonds. The van der Waals surface area contributed by atoms with Crippen molar-refractivity contribution in [3.05, 3.63) is 21.4 Å². The summed E-state index contributed by atoms with van der Waals surface area (Å²) in [6.45, 7) is 7.73. The minimum Gasteiger partial charge on any atom is -0.313 e. The van der Waals surface area contributed by atoms with Gasteiger partial charge in [-0.2, -0.15) is 0 Å². The van der Waals surface area contributed by atoms with Crippen molar-refractivity contribution in [2.45, 2.75) is 33.2 Å². The monoisotopic (exact) mass is 240 g/mol. The maximum atomic E-state index is 3.52. The lowest BCUT2D eigenvalue weighted by atomic mass is 10.2. The van der Waals surface area contributed by atoms with E-state index in [2.05, 4.69) is 44.2 Å². The molecule has 0 atom stereocenters. The Morgan fingerprint density at radius 2 is 2.00 bits per heavy atom. The maximum Gasteiger partial charge on any atom is 0.0216 e. The highest BCUT2D eigenvalue weighted by Crippen LogP contribution is 2.20. The lowest BCUT2D eigenvalue weighted by Gasteiger charge is -2.09. The number of unbranched alkanes of at least 4 members (excludes halogenated alkanes) is 1. The highest BCUT2D eigenvalue weighted by molar-refractivity contribution is 7.12. The minimum atomic E-state index is 1.03. The Balaban J connectivity index is 2.09. The molecule has 0 fully saturated rings. The molecule has 0 unspecified atom stereocenters. The quantitative estimate of drug-likeness (QED) is 0.737. The van der Waals surface area contributed by atoms with Gasteiger partial charge in [0.1, 0.15) is 0 Å². The molecule has 0 aliphatic carbocycles. The molecule has 0 aliphatic heterocycles. The normalized spacial score (nSPS) is 11.3. The summed E-state index contributed by atoms with van der Waals surface area (Å²) < 4.78 is 0. The molecule has 3 heteroatoms. The van der Waals surface area contributed by atoms with E-state index in [0.29, 0.717) is 0 Å². The van der Waals surface area contributed by atoms with E-state index < -0.39 is 0 Å². The molecule has 0 saturated carbocycles. The van der Waals surface area contributed by atoms with E-state index in [1.54, 1.807) is 0 Å². The Labute approximate surface area is 104 Å². The third kappa shape index (κ3) is 5.10. The SMILES string of the molecule is Cc1cc(CNCCCCN(C)C)c(C)s1. The predicted octanol–water partition coefficient (Wildman–Crippen LogP) is 2.80. The molecule has 0 spiro atoms. The topological polar surface area (TPSA) is 15.3 Å². The van der Waals surface area contributed by atoms with Gasteiger partial charge in [-0.05, 0) is 65.5 Å². The van der Waals surface area contributed by atoms with Gasteiger partial charge >= 0.3 is 0 Å². The fourth-order valence-electron chi connectivity index (χ4n) is 1.76. The number of hydrogen-bond donors (Lipinski definition) is 1. The van der Waals surface area contributed by atoms with Crippen LogP contribution in [0.2, 0.25) is 0 Å². The summed E-state index contributed by atoms with van der Waals surface area (Å²) in [5, 5.41) is 3.52. The van der Waals surface area contributed by atoms with Crippen molar-refractivity contribution in [3.8, 4) is 0 Å². The molecule has 0 aromatic carbocycles. The van der Waals surface area contributed by atoms with Gasteiger partial charge < -0.3 is 10.2 Å². The Bertz CT molecular complexity index is 305. The molecule has 0 aliphatic rings. The molecule has 0 saturated heterocycles. The summed E-state index contributed by atoms with van der Waals surface area (Å²) in [6, 6.07) is 2.30. The molecular weight excluding hydrogens is 216 g/mol. The van der Waals surface area contributed by atoms with Gasteiger partial charge in [-0.25, -0.2) is 0 Å². The summed E-state index contributed by atoms with van der Waals surface area (Å²) in [5.74, 6) is 0. The van der Waals surface area contributed by atoms with Gasteiger partial charge in [0.25, 0.3) is 0 Å². The molecule has 0 radical (unpaired) electrons. The molecule has 16 heavy (non-hydrogen) atoms. The largest absolute Gasteiger partial charge is 0.313 e. The number of nitrogens with one attached hydrogen (secondary N) is 1. The van der Waals surface area contributed by atoms with Crippen LogP contribution < -0.4 is 5.32 Å². The van der Waals surface area contributed by atoms with E-state index in [4.69, 9.17) is 0 Å². The van der Waals surface area contributed by atoms with Crippen molar-refractivity contribution >= 4 is 11.3 Å². The molecule has 1 aromatic heterocycles. The van der Waals surface area contributed by atoms with Gasteiger partial charge in [0.15, 0.2) is 0 Å². The molecule has 92 valence electrons. The second kappa shape index (κ2) is 7.05. The predicted molar refractivity (Wildman–Crippen MR) is 73.3 cm³/mol. The zero-order chi connectivity index (χ0) is 12.0. The van der Waals surface area contributed by atoms with Crippen LogP contribution in [-0.2, 0) is 6.54 Å². The van der Waals surface area contributed by atoms with Crippen LogP contribution in [0.4, 0.5) is 0 Å². The van der Waals surface area contributed by atoms with Crippen molar-refractivity contribution in [1.82, 2.24) is 10.2 Å². The zero-order valence-corrected chi connectivity index (χ0v) is 11.8. The first-order chi connectivity index (χ1) is 7.59. The fraction of sp³-hybridized carbons (Fsp3) is 0.692. The van der Waals surface area contributed by atoms with E-state index in [0.717, 1.165) is 13.1 Å². The third-order valence-corrected chi connectivity index (χ3v) is 3.68. The zero-order valence-electron chi connectivity index (χ0n) is 11.0. The average Bonchev–Trinajstić information content (AvgIpc) is 2.50. The number of hydrogen-bond acceptors (Lipinski definition) is 3. The van der Waals surface area contributed by atoms with Gasteiger partial charge in [0, 0.05) is 16.3 Å². The van der Waals surface area contributed by atoms with Gasteiger partial charge in [0.05, 0.1) is 0 Å². The van der Waals surface area contributed by atoms with Crippen LogP contribution in [0, 0.1) is 13.8 Å². The summed E-state index contributed by atoms with van der Waals surface area (Å²) in [5.41, 5.74) is 1.47. The standard InChI is InChI=1S/C13H24N2S/c1-11-9-13(12(2)16-11)10-14-7-5-6-8-15(3)4/h9,14H,5-8,10H2,1-4H3. The summed E-state index contributed by atoms with van der Waals surface area (Å²) in [4.78, 5) is 5.12. The fourth-order valence-corrected chi connectivity index (χ4v) is 2.71. The van der Waals surface area contributed by atoms with E-state index in [1.165, 1.54) is 34.7 Å². The Kier molecular flexibility index (Phi) is 6.03. The number of rotatable bonds is 7. The lowest BCUT2D eigenvalue weighted by molar-refractivity contribution is 0.391. The van der Waals surface area contributed by atoms with E-state index >= 15 is 0 Å². The van der Waals surface area contributed by atoms with Gasteiger partial charge in [-0.3, -0.25) is 0 Å². The van der Waals surface area contributed by atoms with E-state index in [9.17, 15) is 0 Å². The van der Waals surface area contributed by atoms with Gasteiger partial charge in [0.2, 0.25) is 0 Å². The first-order valence-electron chi connectivity index (χ1n) is 6.01. The smallest absolute Gasteiger partial charge is 0.0216 e. The van der Waals surface area contributed by atoms with E-state index in [1.807, 2.05) is 11.3 Å². The van der Waals surface area contributed by atoms with Crippen LogP contribution in [0.5, 0.6) is 0 Å². The van der Waals surface area contributed by atoms with Gasteiger partial charge in [-0.1, -0.05) is 0 Å². The maximum absolute atomic E-state index is 3.52. The summed E-state index contributed by atoms with van der Waals surface area (Å²) in [6.07, 6.45) is 2.54. The number of aryl methyl sites for hydroxylation is 2. The van der Waals surface area contributed by atoms with E-state index in [-0.39, 0.29) is 0 Å². The second-order valence-corrected chi connectivity index (χ2v) is 6.09. The van der Waals surface area contributed by atoms with Crippen LogP contribution in [0.1, 0.15) is 28.2 Å². The average molecular weight is 240 g/mol. The highest BCUT2D eigenvalue weighted by Gasteiger charge is 2.01. The number of nitrogens with zero attached hydrogens (tertiary/aromatic N) is 1. The third-order valence-electron chi connectivity index (χ3n) is 2.67. The van der Waals surface area contributed by atoms with Crippen LogP contribution in [0.25, 0.3) is 0 Å². The van der Waals surface area contributed by atoms with Crippen LogP contribution in [0.15, 0.2) is 6.07 Å². The molecule has 0 bridgehead atoms. The van der Waals surface area contributed by atoms with Crippen molar-refractivity contribution in [1.29, 1.82) is 0 Å². The lowest BCUT2D eigenvalue weighted by Crippen LogP contribution is -2.18. The first-order valence-corrected chi connectivity index (χ1v) is 6.82. The molecule has 1 N–H and O–H groups in total.